The van der Waals surface area contributed by atoms with Crippen LogP contribution in [0.25, 0.3) is 0 Å². The van der Waals surface area contributed by atoms with Crippen LogP contribution >= 0.6 is 0 Å². The molecule has 1 aromatic rings. The number of methoxy groups -OCH3 is 1. The third kappa shape index (κ3) is 3.93. The van der Waals surface area contributed by atoms with Crippen molar-refractivity contribution in [1.29, 1.82) is 0 Å². The van der Waals surface area contributed by atoms with Gasteiger partial charge in [0.15, 0.2) is 15.8 Å². The van der Waals surface area contributed by atoms with Crippen molar-refractivity contribution in [3.63, 3.8) is 0 Å². The van der Waals surface area contributed by atoms with Crippen LogP contribution in [0.2, 0.25) is 0 Å². The molecule has 7 nitrogen and oxygen atoms in total. The van der Waals surface area contributed by atoms with Gasteiger partial charge < -0.3 is 15.0 Å². The molecule has 0 atom stereocenters. The average Bonchev–Trinajstić information content (AvgIpc) is 2.51. The molecule has 0 spiro atoms. The molecule has 0 unspecified atom stereocenters. The fourth-order valence-corrected chi connectivity index (χ4v) is 3.88. The Hall–Kier alpha value is -1.83. The molecule has 0 amide bonds. The van der Waals surface area contributed by atoms with Gasteiger partial charge in [-0.05, 0) is 25.5 Å². The minimum absolute atomic E-state index is 0.143. The van der Waals surface area contributed by atoms with Crippen LogP contribution in [0.4, 0.5) is 0 Å². The predicted octanol–water partition coefficient (Wildman–Crippen LogP) is 0.675. The summed E-state index contributed by atoms with van der Waals surface area (Å²) in [7, 11) is 0.217. The first kappa shape index (κ1) is 17.5. The van der Waals surface area contributed by atoms with Gasteiger partial charge in [0.05, 0.1) is 17.6 Å². The van der Waals surface area contributed by atoms with Gasteiger partial charge in [0.25, 0.3) is 0 Å². The Labute approximate surface area is 137 Å². The second-order valence-corrected chi connectivity index (χ2v) is 8.85. The summed E-state index contributed by atoms with van der Waals surface area (Å²) in [5.41, 5.74) is 1.02. The number of hydrogen-bond acceptors (Lipinski definition) is 5. The first-order chi connectivity index (χ1) is 10.8. The fourth-order valence-electron chi connectivity index (χ4n) is 2.51. The summed E-state index contributed by atoms with van der Waals surface area (Å²) >= 11 is 0. The van der Waals surface area contributed by atoms with E-state index >= 15 is 0 Å². The minimum Gasteiger partial charge on any atom is -0.481 e. The zero-order chi connectivity index (χ0) is 17.1. The molecule has 0 radical (unpaired) electrons. The van der Waals surface area contributed by atoms with E-state index in [0.717, 1.165) is 5.56 Å². The number of rotatable bonds is 3. The minimum atomic E-state index is -3.06. The Morgan fingerprint density at radius 2 is 2.26 bits per heavy atom. The van der Waals surface area contributed by atoms with Gasteiger partial charge in [-0.1, -0.05) is 0 Å². The highest BCUT2D eigenvalue weighted by Crippen LogP contribution is 2.23. The van der Waals surface area contributed by atoms with E-state index in [1.165, 1.54) is 0 Å². The summed E-state index contributed by atoms with van der Waals surface area (Å²) < 4.78 is 28.5. The SMILES string of the molecule is CN=C(NCc1ccnc(OC)c1)N1CCS(=O)(=O)C(C)(C)C1. The lowest BCUT2D eigenvalue weighted by molar-refractivity contribution is 0.353. The van der Waals surface area contributed by atoms with Crippen molar-refractivity contribution in [2.24, 2.45) is 4.99 Å². The highest BCUT2D eigenvalue weighted by atomic mass is 32.2. The molecule has 1 aliphatic heterocycles. The van der Waals surface area contributed by atoms with Crippen molar-refractivity contribution in [3.05, 3.63) is 23.9 Å². The molecule has 0 bridgehead atoms. The number of guanidine groups is 1. The van der Waals surface area contributed by atoms with E-state index in [-0.39, 0.29) is 5.75 Å². The standard InChI is InChI=1S/C15H24N4O3S/c1-15(2)11-19(7-8-23(15,20)21)14(16-3)18-10-12-5-6-17-13(9-12)22-4/h5-6,9H,7-8,10-11H2,1-4H3,(H,16,18). The summed E-state index contributed by atoms with van der Waals surface area (Å²) in [4.78, 5) is 10.3. The third-order valence-electron chi connectivity index (χ3n) is 4.01. The molecule has 1 fully saturated rings. The number of nitrogens with zero attached hydrogens (tertiary/aromatic N) is 3. The van der Waals surface area contributed by atoms with E-state index in [1.54, 1.807) is 34.2 Å². The summed E-state index contributed by atoms with van der Waals surface area (Å²) in [5.74, 6) is 1.40. The lowest BCUT2D eigenvalue weighted by Gasteiger charge is -2.39. The van der Waals surface area contributed by atoms with Crippen molar-refractivity contribution in [3.8, 4) is 5.88 Å². The second-order valence-electron chi connectivity index (χ2n) is 6.11. The maximum absolute atomic E-state index is 12.1. The predicted molar refractivity (Wildman–Crippen MR) is 90.4 cm³/mol. The molecular formula is C15H24N4O3S. The van der Waals surface area contributed by atoms with Crippen LogP contribution < -0.4 is 10.1 Å². The van der Waals surface area contributed by atoms with Crippen LogP contribution in [-0.2, 0) is 16.4 Å². The van der Waals surface area contributed by atoms with E-state index in [2.05, 4.69) is 15.3 Å². The molecule has 8 heteroatoms. The molecule has 2 rings (SSSR count). The summed E-state index contributed by atoms with van der Waals surface area (Å²) in [6.45, 7) is 4.96. The van der Waals surface area contributed by atoms with Crippen LogP contribution in [0.5, 0.6) is 5.88 Å². The van der Waals surface area contributed by atoms with Crippen LogP contribution in [0.1, 0.15) is 19.4 Å². The maximum atomic E-state index is 12.1. The summed E-state index contributed by atoms with van der Waals surface area (Å²) in [5, 5.41) is 3.27. The van der Waals surface area contributed by atoms with Gasteiger partial charge in [-0.15, -0.1) is 0 Å². The highest BCUT2D eigenvalue weighted by Gasteiger charge is 2.40. The number of nitrogens with one attached hydrogen (secondary N) is 1. The normalized spacial score (nSPS) is 20.2. The molecule has 0 aromatic carbocycles. The number of aliphatic imine (C=N–C) groups is 1. The highest BCUT2D eigenvalue weighted by molar-refractivity contribution is 7.92. The lowest BCUT2D eigenvalue weighted by atomic mass is 10.2. The Bertz CT molecular complexity index is 686. The largest absolute Gasteiger partial charge is 0.481 e. The number of sulfone groups is 1. The zero-order valence-corrected chi connectivity index (χ0v) is 14.9. The third-order valence-corrected chi connectivity index (χ3v) is 6.55. The van der Waals surface area contributed by atoms with Gasteiger partial charge in [0, 0.05) is 38.9 Å². The molecule has 2 heterocycles. The fraction of sp³-hybridized carbons (Fsp3) is 0.600. The van der Waals surface area contributed by atoms with E-state index in [9.17, 15) is 8.42 Å². The van der Waals surface area contributed by atoms with Crippen molar-refractivity contribution < 1.29 is 13.2 Å². The van der Waals surface area contributed by atoms with Crippen LogP contribution in [0, 0.1) is 0 Å². The van der Waals surface area contributed by atoms with E-state index < -0.39 is 14.6 Å². The van der Waals surface area contributed by atoms with Gasteiger partial charge >= 0.3 is 0 Å². The lowest BCUT2D eigenvalue weighted by Crippen LogP contribution is -2.57. The monoisotopic (exact) mass is 340 g/mol. The molecule has 128 valence electrons. The van der Waals surface area contributed by atoms with Crippen molar-refractivity contribution in [2.75, 3.05) is 33.0 Å². The smallest absolute Gasteiger partial charge is 0.213 e. The van der Waals surface area contributed by atoms with E-state index in [1.807, 2.05) is 17.0 Å². The maximum Gasteiger partial charge on any atom is 0.213 e. The quantitative estimate of drug-likeness (QED) is 0.643. The Morgan fingerprint density at radius 1 is 1.52 bits per heavy atom. The van der Waals surface area contributed by atoms with Gasteiger partial charge in [-0.3, -0.25) is 4.99 Å². The molecule has 1 saturated heterocycles. The Kier molecular flexibility index (Phi) is 5.13. The van der Waals surface area contributed by atoms with E-state index in [4.69, 9.17) is 4.74 Å². The molecular weight excluding hydrogens is 316 g/mol. The second kappa shape index (κ2) is 6.74. The van der Waals surface area contributed by atoms with Crippen LogP contribution in [-0.4, -0.2) is 62.0 Å². The van der Waals surface area contributed by atoms with Gasteiger partial charge in [-0.2, -0.15) is 0 Å². The molecule has 23 heavy (non-hydrogen) atoms. The first-order valence-corrected chi connectivity index (χ1v) is 9.11. The van der Waals surface area contributed by atoms with Crippen molar-refractivity contribution >= 4 is 15.8 Å². The van der Waals surface area contributed by atoms with Crippen LogP contribution in [0.3, 0.4) is 0 Å². The number of pyridine rings is 1. The van der Waals surface area contributed by atoms with Crippen molar-refractivity contribution in [1.82, 2.24) is 15.2 Å². The average molecular weight is 340 g/mol. The molecule has 1 aliphatic rings. The first-order valence-electron chi connectivity index (χ1n) is 7.46. The molecule has 0 aliphatic carbocycles. The molecule has 1 aromatic heterocycles. The summed E-state index contributed by atoms with van der Waals surface area (Å²) in [6, 6.07) is 3.75. The number of hydrogen-bond donors (Lipinski definition) is 1. The van der Waals surface area contributed by atoms with E-state index in [0.29, 0.717) is 31.5 Å². The molecule has 1 N–H and O–H groups in total. The Morgan fingerprint density at radius 3 is 2.87 bits per heavy atom. The zero-order valence-electron chi connectivity index (χ0n) is 14.0. The number of aromatic nitrogens is 1. The summed E-state index contributed by atoms with van der Waals surface area (Å²) in [6.07, 6.45) is 1.69. The molecule has 0 saturated carbocycles. The Balaban J connectivity index is 2.04. The van der Waals surface area contributed by atoms with Gasteiger partial charge in [0.2, 0.25) is 5.88 Å². The van der Waals surface area contributed by atoms with Gasteiger partial charge in [-0.25, -0.2) is 13.4 Å². The van der Waals surface area contributed by atoms with Gasteiger partial charge in [0.1, 0.15) is 0 Å². The number of ether oxygens (including phenoxy) is 1. The topological polar surface area (TPSA) is 83.9 Å². The van der Waals surface area contributed by atoms with Crippen molar-refractivity contribution in [2.45, 2.75) is 25.1 Å². The van der Waals surface area contributed by atoms with Crippen LogP contribution in [0.15, 0.2) is 23.3 Å².